The van der Waals surface area contributed by atoms with E-state index in [1.54, 1.807) is 42.7 Å². The Morgan fingerprint density at radius 1 is 1.00 bits per heavy atom. The van der Waals surface area contributed by atoms with Gasteiger partial charge in [0.1, 0.15) is 17.6 Å². The molecule has 0 radical (unpaired) electrons. The maximum absolute atomic E-state index is 14.1. The third-order valence-electron chi connectivity index (χ3n) is 6.23. The summed E-state index contributed by atoms with van der Waals surface area (Å²) in [4.78, 5) is 24.2. The average Bonchev–Trinajstić information content (AvgIpc) is 3.34. The van der Waals surface area contributed by atoms with Gasteiger partial charge in [0.15, 0.2) is 0 Å². The van der Waals surface area contributed by atoms with E-state index in [2.05, 4.69) is 22.1 Å². The molecule has 5 rings (SSSR count). The largest absolute Gasteiger partial charge is 0.443 e. The molecule has 1 fully saturated rings. The monoisotopic (exact) mass is 455 g/mol. The molecule has 1 saturated heterocycles. The molecule has 0 saturated carbocycles. The average molecular weight is 456 g/mol. The Hall–Kier alpha value is -3.80. The molecule has 1 atom stereocenters. The van der Waals surface area contributed by atoms with Gasteiger partial charge in [-0.25, -0.2) is 9.37 Å². The number of halogens is 1. The molecular formula is C28H26FN3O2. The summed E-state index contributed by atoms with van der Waals surface area (Å²) >= 11 is 0. The number of hydrogen-bond acceptors (Lipinski definition) is 4. The number of oxazole rings is 1. The second-order valence-corrected chi connectivity index (χ2v) is 8.64. The Kier molecular flexibility index (Phi) is 6.47. The third kappa shape index (κ3) is 4.91. The fraction of sp³-hybridized carbons (Fsp3) is 0.250. The van der Waals surface area contributed by atoms with Gasteiger partial charge in [-0.05, 0) is 48.6 Å². The van der Waals surface area contributed by atoms with Crippen molar-refractivity contribution in [1.82, 2.24) is 14.9 Å². The van der Waals surface area contributed by atoms with E-state index in [4.69, 9.17) is 4.42 Å². The number of carbonyl (C=O) groups is 1. The van der Waals surface area contributed by atoms with Crippen LogP contribution in [0, 0.1) is 5.82 Å². The predicted molar refractivity (Wildman–Crippen MR) is 127 cm³/mol. The minimum Gasteiger partial charge on any atom is -0.443 e. The van der Waals surface area contributed by atoms with Crippen LogP contribution in [0.15, 0.2) is 83.5 Å². The van der Waals surface area contributed by atoms with E-state index in [1.807, 2.05) is 23.1 Å². The molecule has 0 spiro atoms. The number of nitrogens with zero attached hydrogens (tertiary/aromatic N) is 3. The fourth-order valence-corrected chi connectivity index (χ4v) is 4.50. The van der Waals surface area contributed by atoms with Crippen molar-refractivity contribution in [3.8, 4) is 0 Å². The van der Waals surface area contributed by atoms with Crippen LogP contribution in [0.5, 0.6) is 0 Å². The van der Waals surface area contributed by atoms with Crippen LogP contribution >= 0.6 is 0 Å². The number of rotatable bonds is 6. The molecule has 172 valence electrons. The highest BCUT2D eigenvalue weighted by atomic mass is 19.1. The molecule has 0 aliphatic carbocycles. The summed E-state index contributed by atoms with van der Waals surface area (Å²) < 4.78 is 20.2. The number of likely N-dealkylation sites (tertiary alicyclic amines) is 1. The Balaban J connectivity index is 1.34. The Morgan fingerprint density at radius 2 is 1.82 bits per heavy atom. The van der Waals surface area contributed by atoms with Gasteiger partial charge in [-0.3, -0.25) is 9.78 Å². The SMILES string of the molecule is O=C(c1ccnc(Cc2ccccc2F)c1)N1CCCC[C@H]1c1ncc(Cc2ccccc2)o1. The summed E-state index contributed by atoms with van der Waals surface area (Å²) in [5.74, 6) is 1.02. The highest BCUT2D eigenvalue weighted by molar-refractivity contribution is 5.94. The van der Waals surface area contributed by atoms with Gasteiger partial charge < -0.3 is 9.32 Å². The quantitative estimate of drug-likeness (QED) is 0.371. The summed E-state index contributed by atoms with van der Waals surface area (Å²) in [6.45, 7) is 0.644. The smallest absolute Gasteiger partial charge is 0.254 e. The van der Waals surface area contributed by atoms with Crippen LogP contribution in [-0.2, 0) is 12.8 Å². The molecule has 0 N–H and O–H groups in total. The first-order valence-corrected chi connectivity index (χ1v) is 11.7. The summed E-state index contributed by atoms with van der Waals surface area (Å²) in [5.41, 5.74) is 2.91. The maximum atomic E-state index is 14.1. The van der Waals surface area contributed by atoms with Gasteiger partial charge in [-0.1, -0.05) is 48.5 Å². The second kappa shape index (κ2) is 10.00. The van der Waals surface area contributed by atoms with E-state index in [1.165, 1.54) is 6.07 Å². The van der Waals surface area contributed by atoms with Crippen LogP contribution in [0.1, 0.15) is 64.1 Å². The number of amides is 1. The Labute approximate surface area is 198 Å². The van der Waals surface area contributed by atoms with E-state index in [-0.39, 0.29) is 17.8 Å². The van der Waals surface area contributed by atoms with Gasteiger partial charge in [0.05, 0.1) is 6.20 Å². The molecule has 0 unspecified atom stereocenters. The van der Waals surface area contributed by atoms with Crippen LogP contribution in [-0.4, -0.2) is 27.3 Å². The number of piperidine rings is 1. The molecule has 1 amide bonds. The molecule has 1 aliphatic rings. The third-order valence-corrected chi connectivity index (χ3v) is 6.23. The zero-order valence-electron chi connectivity index (χ0n) is 18.9. The molecule has 4 aromatic rings. The van der Waals surface area contributed by atoms with Crippen LogP contribution < -0.4 is 0 Å². The van der Waals surface area contributed by atoms with E-state index < -0.39 is 0 Å². The van der Waals surface area contributed by atoms with Gasteiger partial charge in [0.25, 0.3) is 5.91 Å². The molecule has 5 nitrogen and oxygen atoms in total. The van der Waals surface area contributed by atoms with Crippen molar-refractivity contribution in [3.05, 3.63) is 119 Å². The number of benzene rings is 2. The van der Waals surface area contributed by atoms with Crippen molar-refractivity contribution in [2.45, 2.75) is 38.1 Å². The number of hydrogen-bond donors (Lipinski definition) is 0. The zero-order chi connectivity index (χ0) is 23.3. The van der Waals surface area contributed by atoms with Crippen LogP contribution in [0.4, 0.5) is 4.39 Å². The molecule has 2 aromatic carbocycles. The van der Waals surface area contributed by atoms with Gasteiger partial charge in [0.2, 0.25) is 5.89 Å². The fourth-order valence-electron chi connectivity index (χ4n) is 4.50. The van der Waals surface area contributed by atoms with Crippen molar-refractivity contribution in [1.29, 1.82) is 0 Å². The van der Waals surface area contributed by atoms with Crippen LogP contribution in [0.25, 0.3) is 0 Å². The van der Waals surface area contributed by atoms with Crippen LogP contribution in [0.2, 0.25) is 0 Å². The Morgan fingerprint density at radius 3 is 2.68 bits per heavy atom. The molecule has 3 heterocycles. The first kappa shape index (κ1) is 22.0. The molecule has 34 heavy (non-hydrogen) atoms. The molecule has 0 bridgehead atoms. The normalized spacial score (nSPS) is 15.9. The van der Waals surface area contributed by atoms with Crippen molar-refractivity contribution in [3.63, 3.8) is 0 Å². The highest BCUT2D eigenvalue weighted by Crippen LogP contribution is 2.32. The van der Waals surface area contributed by atoms with Crippen molar-refractivity contribution in [2.75, 3.05) is 6.54 Å². The number of aromatic nitrogens is 2. The van der Waals surface area contributed by atoms with Crippen LogP contribution in [0.3, 0.4) is 0 Å². The first-order valence-electron chi connectivity index (χ1n) is 11.7. The van der Waals surface area contributed by atoms with Gasteiger partial charge in [0, 0.05) is 36.8 Å². The summed E-state index contributed by atoms with van der Waals surface area (Å²) in [6.07, 6.45) is 7.14. The standard InChI is InChI=1S/C28H26FN3O2/c29-25-11-5-4-10-21(25)17-23-18-22(13-14-30-23)28(33)32-15-7-6-12-26(32)27-31-19-24(34-27)16-20-8-2-1-3-9-20/h1-5,8-11,13-14,18-19,26H,6-7,12,15-17H2/t26-/m0/s1. The zero-order valence-corrected chi connectivity index (χ0v) is 18.9. The number of carbonyl (C=O) groups excluding carboxylic acids is 1. The summed E-state index contributed by atoms with van der Waals surface area (Å²) in [7, 11) is 0. The molecule has 2 aromatic heterocycles. The van der Waals surface area contributed by atoms with Crippen molar-refractivity contribution < 1.29 is 13.6 Å². The van der Waals surface area contributed by atoms with E-state index >= 15 is 0 Å². The minimum atomic E-state index is -0.271. The van der Waals surface area contributed by atoms with Gasteiger partial charge in [-0.2, -0.15) is 0 Å². The predicted octanol–water partition coefficient (Wildman–Crippen LogP) is 5.76. The van der Waals surface area contributed by atoms with E-state index in [0.29, 0.717) is 42.1 Å². The first-order chi connectivity index (χ1) is 16.7. The molecule has 1 aliphatic heterocycles. The lowest BCUT2D eigenvalue weighted by Gasteiger charge is -2.34. The lowest BCUT2D eigenvalue weighted by atomic mass is 10.00. The van der Waals surface area contributed by atoms with Crippen molar-refractivity contribution in [2.24, 2.45) is 0 Å². The minimum absolute atomic E-state index is 0.0790. The van der Waals surface area contributed by atoms with Crippen molar-refractivity contribution >= 4 is 5.91 Å². The maximum Gasteiger partial charge on any atom is 0.254 e. The van der Waals surface area contributed by atoms with Gasteiger partial charge >= 0.3 is 0 Å². The van der Waals surface area contributed by atoms with Gasteiger partial charge in [-0.15, -0.1) is 0 Å². The Bertz CT molecular complexity index is 1270. The second-order valence-electron chi connectivity index (χ2n) is 8.64. The topological polar surface area (TPSA) is 59.2 Å². The summed E-state index contributed by atoms with van der Waals surface area (Å²) in [5, 5.41) is 0. The molecule has 6 heteroatoms. The lowest BCUT2D eigenvalue weighted by Crippen LogP contribution is -2.38. The van der Waals surface area contributed by atoms with E-state index in [9.17, 15) is 9.18 Å². The number of pyridine rings is 1. The van der Waals surface area contributed by atoms with E-state index in [0.717, 1.165) is 30.6 Å². The molecular weight excluding hydrogens is 429 g/mol. The highest BCUT2D eigenvalue weighted by Gasteiger charge is 2.32. The summed E-state index contributed by atoms with van der Waals surface area (Å²) in [6, 6.07) is 20.0. The lowest BCUT2D eigenvalue weighted by molar-refractivity contribution is 0.0570.